The van der Waals surface area contributed by atoms with Crippen LogP contribution in [0.5, 0.6) is 69.0 Å². The van der Waals surface area contributed by atoms with Crippen LogP contribution in [-0.4, -0.2) is 84.4 Å². The molecule has 0 amide bonds. The van der Waals surface area contributed by atoms with Crippen LogP contribution < -0.4 is 0 Å². The molecule has 0 bridgehead atoms. The van der Waals surface area contributed by atoms with Gasteiger partial charge in [-0.3, -0.25) is 19.2 Å². The summed E-state index contributed by atoms with van der Waals surface area (Å²) in [6.45, 7) is 0. The van der Waals surface area contributed by atoms with Crippen molar-refractivity contribution in [3.05, 3.63) is 142 Å². The average molecular weight is 765 g/mol. The van der Waals surface area contributed by atoms with Crippen LogP contribution >= 0.6 is 0 Å². The van der Waals surface area contributed by atoms with Crippen molar-refractivity contribution in [1.29, 1.82) is 0 Å². The van der Waals surface area contributed by atoms with Gasteiger partial charge in [0.05, 0.1) is 11.1 Å². The van der Waals surface area contributed by atoms with Gasteiger partial charge in [-0.05, 0) is 24.3 Å². The Kier molecular flexibility index (Phi) is 10.6. The lowest BCUT2D eigenvalue weighted by Crippen LogP contribution is -2.05. The second kappa shape index (κ2) is 15.3. The van der Waals surface area contributed by atoms with Gasteiger partial charge in [0.2, 0.25) is 23.1 Å². The Bertz CT molecular complexity index is 2330. The minimum Gasteiger partial charge on any atom is -0.508 e. The summed E-state index contributed by atoms with van der Waals surface area (Å²) in [6, 6.07) is 18.3. The fraction of sp³-hybridized carbons (Fsp3) is 0. The molecule has 0 unspecified atom stereocenters. The molecule has 12 N–H and O–H groups in total. The highest BCUT2D eigenvalue weighted by Gasteiger charge is 2.24. The monoisotopic (exact) mass is 764 g/mol. The van der Waals surface area contributed by atoms with Crippen molar-refractivity contribution in [2.45, 2.75) is 0 Å². The van der Waals surface area contributed by atoms with E-state index < -0.39 is 103 Å². The maximum Gasteiger partial charge on any atom is 0.201 e. The highest BCUT2D eigenvalue weighted by molar-refractivity contribution is 6.16. The highest BCUT2D eigenvalue weighted by Crippen LogP contribution is 2.40. The van der Waals surface area contributed by atoms with Crippen molar-refractivity contribution in [3.63, 3.8) is 0 Å². The first-order valence-electron chi connectivity index (χ1n) is 15.8. The first-order chi connectivity index (χ1) is 26.4. The summed E-state index contributed by atoms with van der Waals surface area (Å²) < 4.78 is 0. The van der Waals surface area contributed by atoms with Crippen molar-refractivity contribution in [3.8, 4) is 69.0 Å². The third-order valence-corrected chi connectivity index (χ3v) is 8.18. The van der Waals surface area contributed by atoms with Gasteiger partial charge in [0.15, 0.2) is 34.6 Å². The number of benzene rings is 6. The normalized spacial score (nSPS) is 10.6. The molecule has 0 atom stereocenters. The molecular weight excluding hydrogens is 736 g/mol. The van der Waals surface area contributed by atoms with Crippen molar-refractivity contribution in [2.24, 2.45) is 0 Å². The molecule has 6 aromatic carbocycles. The van der Waals surface area contributed by atoms with Gasteiger partial charge in [-0.25, -0.2) is 0 Å². The van der Waals surface area contributed by atoms with E-state index in [9.17, 15) is 80.5 Å². The molecular formula is C40H28O16. The molecule has 0 aliphatic heterocycles. The number of carbonyl (C=O) groups excluding carboxylic acids is 4. The Labute approximate surface area is 313 Å². The Morgan fingerprint density at radius 3 is 0.804 bits per heavy atom. The predicted octanol–water partition coefficient (Wildman–Crippen LogP) is 4.76. The minimum absolute atomic E-state index is 0.0342. The highest BCUT2D eigenvalue weighted by atomic mass is 16.3. The quantitative estimate of drug-likeness (QED) is 0.0734. The maximum absolute atomic E-state index is 12.5. The predicted molar refractivity (Wildman–Crippen MR) is 192 cm³/mol. The molecule has 16 nitrogen and oxygen atoms in total. The van der Waals surface area contributed by atoms with Gasteiger partial charge in [0, 0.05) is 46.5 Å². The van der Waals surface area contributed by atoms with Gasteiger partial charge in [0.25, 0.3) is 0 Å². The van der Waals surface area contributed by atoms with Gasteiger partial charge in [-0.2, -0.15) is 0 Å². The molecule has 6 aromatic rings. The lowest BCUT2D eigenvalue weighted by molar-refractivity contribution is 0.102. The molecule has 0 aliphatic carbocycles. The van der Waals surface area contributed by atoms with Gasteiger partial charge in [0.1, 0.15) is 45.6 Å². The van der Waals surface area contributed by atoms with Crippen molar-refractivity contribution < 1.29 is 80.5 Å². The third kappa shape index (κ3) is 7.55. The van der Waals surface area contributed by atoms with E-state index in [0.717, 1.165) is 48.5 Å². The Morgan fingerprint density at radius 2 is 0.536 bits per heavy atom. The number of carbonyl (C=O) groups is 4. The topological polar surface area (TPSA) is 311 Å². The summed E-state index contributed by atoms with van der Waals surface area (Å²) in [5.74, 6) is -10.4. The number of phenolic OH excluding ortho intramolecular Hbond substituents is 12. The molecule has 0 saturated carbocycles. The van der Waals surface area contributed by atoms with Gasteiger partial charge in [-0.1, -0.05) is 48.5 Å². The van der Waals surface area contributed by atoms with E-state index in [1.807, 2.05) is 0 Å². The summed E-state index contributed by atoms with van der Waals surface area (Å²) in [7, 11) is 0. The summed E-state index contributed by atoms with van der Waals surface area (Å²) in [4.78, 5) is 50.0. The maximum atomic E-state index is 12.5. The van der Waals surface area contributed by atoms with E-state index in [0.29, 0.717) is 0 Å². The fourth-order valence-corrected chi connectivity index (χ4v) is 5.31. The average Bonchev–Trinajstić information content (AvgIpc) is 3.15. The summed E-state index contributed by atoms with van der Waals surface area (Å²) >= 11 is 0. The zero-order valence-electron chi connectivity index (χ0n) is 28.2. The lowest BCUT2D eigenvalue weighted by atomic mass is 9.97. The van der Waals surface area contributed by atoms with E-state index in [-0.39, 0.29) is 33.4 Å². The van der Waals surface area contributed by atoms with E-state index in [2.05, 4.69) is 0 Å². The molecule has 284 valence electrons. The first-order valence-corrected chi connectivity index (χ1v) is 15.8. The van der Waals surface area contributed by atoms with Crippen LogP contribution in [-0.2, 0) is 0 Å². The molecule has 0 radical (unpaired) electrons. The van der Waals surface area contributed by atoms with E-state index in [1.54, 1.807) is 0 Å². The second-order valence-electron chi connectivity index (χ2n) is 11.8. The standard InChI is InChI=1S/2C20H14O8/c21-11-5-13(23)17(14(24)6-11)19(27)9-1-2-10(4-3-9)20(28)18-15(25)7-12(22)8-16(18)26;21-13-7-5-11(17(25)19(13)27)15(23)9-1-2-10(4-3-9)16(24)12-6-8-14(22)20(28)18(12)26/h1-8,21-26H;1-8,21-22,25-28H. The smallest absolute Gasteiger partial charge is 0.201 e. The Hall–Kier alpha value is -8.40. The molecule has 16 heteroatoms. The molecule has 6 rings (SSSR count). The third-order valence-electron chi connectivity index (χ3n) is 8.18. The van der Waals surface area contributed by atoms with Crippen LogP contribution in [0.1, 0.15) is 63.7 Å². The largest absolute Gasteiger partial charge is 0.508 e. The molecule has 56 heavy (non-hydrogen) atoms. The number of aromatic hydroxyl groups is 12. The molecule has 0 saturated heterocycles. The molecule has 0 heterocycles. The van der Waals surface area contributed by atoms with Crippen LogP contribution in [0.2, 0.25) is 0 Å². The number of rotatable bonds is 8. The molecule has 0 aromatic heterocycles. The zero-order chi connectivity index (χ0) is 41.2. The van der Waals surface area contributed by atoms with Crippen LogP contribution in [0.25, 0.3) is 0 Å². The zero-order valence-corrected chi connectivity index (χ0v) is 28.2. The molecule has 0 spiro atoms. The molecule has 0 aliphatic rings. The van der Waals surface area contributed by atoms with E-state index in [4.69, 9.17) is 0 Å². The van der Waals surface area contributed by atoms with Crippen molar-refractivity contribution in [2.75, 3.05) is 0 Å². The summed E-state index contributed by atoms with van der Waals surface area (Å²) in [6.07, 6.45) is 0. The summed E-state index contributed by atoms with van der Waals surface area (Å²) in [5.41, 5.74) is -1.05. The minimum atomic E-state index is -0.819. The van der Waals surface area contributed by atoms with E-state index >= 15 is 0 Å². The van der Waals surface area contributed by atoms with Crippen LogP contribution in [0.4, 0.5) is 0 Å². The first kappa shape index (κ1) is 38.8. The number of hydrogen-bond donors (Lipinski definition) is 12. The summed E-state index contributed by atoms with van der Waals surface area (Å²) in [5, 5.41) is 115. The van der Waals surface area contributed by atoms with Gasteiger partial charge in [-0.15, -0.1) is 0 Å². The fourth-order valence-electron chi connectivity index (χ4n) is 5.31. The SMILES string of the molecule is O=C(c1ccc(C(=O)c2c(O)cc(O)cc2O)cc1)c1c(O)cc(O)cc1O.O=C(c1ccc(C(=O)c2ccc(O)c(O)c2O)cc1)c1ccc(O)c(O)c1O. The Morgan fingerprint density at radius 1 is 0.286 bits per heavy atom. The van der Waals surface area contributed by atoms with Crippen LogP contribution in [0, 0.1) is 0 Å². The van der Waals surface area contributed by atoms with Crippen molar-refractivity contribution in [1.82, 2.24) is 0 Å². The van der Waals surface area contributed by atoms with E-state index in [1.165, 1.54) is 48.5 Å². The van der Waals surface area contributed by atoms with Crippen LogP contribution in [0.15, 0.2) is 97.1 Å². The lowest BCUT2D eigenvalue weighted by Gasteiger charge is -2.09. The number of ketones is 4. The van der Waals surface area contributed by atoms with Gasteiger partial charge < -0.3 is 61.3 Å². The van der Waals surface area contributed by atoms with Crippen molar-refractivity contribution >= 4 is 23.1 Å². The van der Waals surface area contributed by atoms with Crippen LogP contribution in [0.3, 0.4) is 0 Å². The second-order valence-corrected chi connectivity index (χ2v) is 11.8. The molecule has 0 fully saturated rings. The van der Waals surface area contributed by atoms with Gasteiger partial charge >= 0.3 is 0 Å². The Balaban J connectivity index is 0.000000214. The number of hydrogen-bond acceptors (Lipinski definition) is 16. The number of phenols is 12.